The lowest BCUT2D eigenvalue weighted by Crippen LogP contribution is -2.12. The highest BCUT2D eigenvalue weighted by Crippen LogP contribution is 1.90. The highest BCUT2D eigenvalue weighted by Gasteiger charge is 2.10. The van der Waals surface area contributed by atoms with Crippen molar-refractivity contribution in [3.63, 3.8) is 0 Å². The fraction of sp³-hybridized carbons (Fsp3) is 0.250. The van der Waals surface area contributed by atoms with Crippen LogP contribution in [0.3, 0.4) is 0 Å². The minimum Gasteiger partial charge on any atom is -0.482 e. The van der Waals surface area contributed by atoms with E-state index in [1.54, 1.807) is 0 Å². The third-order valence-corrected chi connectivity index (χ3v) is 0.674. The molecule has 0 saturated heterocycles. The maximum Gasteiger partial charge on any atom is 0.492 e. The van der Waals surface area contributed by atoms with Crippen LogP contribution in [0, 0.1) is 0 Å². The van der Waals surface area contributed by atoms with Crippen molar-refractivity contribution in [2.75, 3.05) is 6.61 Å². The maximum absolute atomic E-state index is 8.04. The van der Waals surface area contributed by atoms with Crippen molar-refractivity contribution in [1.29, 1.82) is 0 Å². The summed E-state index contributed by atoms with van der Waals surface area (Å²) in [4.78, 5) is 2.77. The van der Waals surface area contributed by atoms with Gasteiger partial charge in [-0.1, -0.05) is 0 Å². The molecule has 0 aliphatic carbocycles. The van der Waals surface area contributed by atoms with Gasteiger partial charge in [-0.25, -0.2) is 0 Å². The van der Waals surface area contributed by atoms with Crippen LogP contribution in [-0.2, 0) is 9.47 Å². The topological polar surface area (TPSA) is 54.9 Å². The highest BCUT2D eigenvalue weighted by atomic mass is 16.6. The van der Waals surface area contributed by atoms with Gasteiger partial charge in [0.2, 0.25) is 6.61 Å². The van der Waals surface area contributed by atoms with E-state index < -0.39 is 0 Å². The van der Waals surface area contributed by atoms with Gasteiger partial charge in [0.05, 0.1) is 0 Å². The highest BCUT2D eigenvalue weighted by molar-refractivity contribution is 5.72. The monoisotopic (exact) mass is 112 g/mol. The van der Waals surface area contributed by atoms with Gasteiger partial charge in [0.25, 0.3) is 0 Å². The summed E-state index contributed by atoms with van der Waals surface area (Å²) in [6, 6.07) is 0. The zero-order chi connectivity index (χ0) is 5.82. The van der Waals surface area contributed by atoms with E-state index in [1.807, 2.05) is 0 Å². The Balaban J connectivity index is 2.63. The van der Waals surface area contributed by atoms with Gasteiger partial charge in [-0.15, -0.1) is 4.79 Å². The summed E-state index contributed by atoms with van der Waals surface area (Å²) in [5.74, 6) is 0.174. The summed E-state index contributed by atoms with van der Waals surface area (Å²) >= 11 is 0. The average molecular weight is 112 g/mol. The first-order valence-corrected chi connectivity index (χ1v) is 2.07. The Bertz CT molecular complexity index is 157. The molecular weight excluding hydrogens is 108 g/mol. The molecule has 8 heavy (non-hydrogen) atoms. The standard InChI is InChI=1S/C4H4N2O2/c5-6-4-3-7-1-2-8-4/h1-2H,3H2. The molecule has 0 bridgehead atoms. The Kier molecular flexibility index (Phi) is 1.30. The van der Waals surface area contributed by atoms with Crippen molar-refractivity contribution >= 4 is 5.90 Å². The predicted molar refractivity (Wildman–Crippen MR) is 24.8 cm³/mol. The van der Waals surface area contributed by atoms with Gasteiger partial charge < -0.3 is 15.0 Å². The van der Waals surface area contributed by atoms with E-state index in [9.17, 15) is 0 Å². The molecule has 1 aliphatic heterocycles. The molecule has 0 aromatic rings. The first-order chi connectivity index (χ1) is 3.93. The molecule has 0 fully saturated rings. The van der Waals surface area contributed by atoms with E-state index in [-0.39, 0.29) is 12.5 Å². The number of hydrogen-bond donors (Lipinski definition) is 0. The van der Waals surface area contributed by atoms with E-state index in [1.165, 1.54) is 12.5 Å². The number of rotatable bonds is 0. The lowest BCUT2D eigenvalue weighted by molar-refractivity contribution is -0.0460. The normalized spacial score (nSPS) is 16.2. The molecule has 0 aromatic carbocycles. The summed E-state index contributed by atoms with van der Waals surface area (Å²) in [7, 11) is 0. The number of ether oxygens (including phenoxy) is 2. The number of hydrogen-bond acceptors (Lipinski definition) is 2. The van der Waals surface area contributed by atoms with Gasteiger partial charge >= 0.3 is 5.90 Å². The van der Waals surface area contributed by atoms with Crippen LogP contribution < -0.4 is 0 Å². The third-order valence-electron chi connectivity index (χ3n) is 0.674. The molecule has 4 nitrogen and oxygen atoms in total. The van der Waals surface area contributed by atoms with E-state index in [0.717, 1.165) is 0 Å². The first-order valence-electron chi connectivity index (χ1n) is 2.07. The molecule has 0 N–H and O–H groups in total. The van der Waals surface area contributed by atoms with E-state index >= 15 is 0 Å². The van der Waals surface area contributed by atoms with Crippen LogP contribution in [0.1, 0.15) is 0 Å². The summed E-state index contributed by atoms with van der Waals surface area (Å²) < 4.78 is 9.30. The second kappa shape index (κ2) is 2.14. The Labute approximate surface area is 45.9 Å². The van der Waals surface area contributed by atoms with Crippen LogP contribution in [0.15, 0.2) is 12.5 Å². The zero-order valence-electron chi connectivity index (χ0n) is 4.07. The molecular formula is C4H4N2O2. The maximum atomic E-state index is 8.04. The summed E-state index contributed by atoms with van der Waals surface area (Å²) in [5.41, 5.74) is 8.04. The Hall–Kier alpha value is -1.28. The van der Waals surface area contributed by atoms with E-state index in [0.29, 0.717) is 0 Å². The Morgan fingerprint density at radius 3 is 2.88 bits per heavy atom. The largest absolute Gasteiger partial charge is 0.492 e. The van der Waals surface area contributed by atoms with Crippen molar-refractivity contribution in [1.82, 2.24) is 0 Å². The Morgan fingerprint density at radius 1 is 1.62 bits per heavy atom. The van der Waals surface area contributed by atoms with Gasteiger partial charge in [-0.05, 0) is 0 Å². The van der Waals surface area contributed by atoms with Crippen molar-refractivity contribution < 1.29 is 14.3 Å². The minimum absolute atomic E-state index is 0.174. The molecule has 0 spiro atoms. The van der Waals surface area contributed by atoms with Crippen molar-refractivity contribution in [3.8, 4) is 0 Å². The van der Waals surface area contributed by atoms with Gasteiger partial charge in [-0.3, -0.25) is 0 Å². The first kappa shape index (κ1) is 4.87. The lowest BCUT2D eigenvalue weighted by Gasteiger charge is -1.99. The second-order valence-corrected chi connectivity index (χ2v) is 1.19. The molecule has 0 radical (unpaired) electrons. The van der Waals surface area contributed by atoms with Gasteiger partial charge in [-0.2, -0.15) is 0 Å². The quantitative estimate of drug-likeness (QED) is 0.330. The van der Waals surface area contributed by atoms with Crippen LogP contribution in [0.25, 0.3) is 5.53 Å². The molecule has 1 rings (SSSR count). The predicted octanol–water partition coefficient (Wildman–Crippen LogP) is 0.133. The summed E-state index contributed by atoms with van der Waals surface area (Å²) in [6.45, 7) is 0.201. The fourth-order valence-corrected chi connectivity index (χ4v) is 0.351. The zero-order valence-corrected chi connectivity index (χ0v) is 4.07. The fourth-order valence-electron chi connectivity index (χ4n) is 0.351. The van der Waals surface area contributed by atoms with E-state index in [2.05, 4.69) is 14.3 Å². The molecule has 0 atom stereocenters. The van der Waals surface area contributed by atoms with Gasteiger partial charge in [0.15, 0.2) is 0 Å². The lowest BCUT2D eigenvalue weighted by atomic mass is 10.7. The van der Waals surface area contributed by atoms with Crippen molar-refractivity contribution in [2.24, 2.45) is 0 Å². The molecule has 0 unspecified atom stereocenters. The van der Waals surface area contributed by atoms with Gasteiger partial charge in [0.1, 0.15) is 12.5 Å². The van der Waals surface area contributed by atoms with E-state index in [4.69, 9.17) is 5.53 Å². The Morgan fingerprint density at radius 2 is 2.50 bits per heavy atom. The van der Waals surface area contributed by atoms with Crippen molar-refractivity contribution in [3.05, 3.63) is 18.1 Å². The SMILES string of the molecule is [N-]=[N+]=C1COC=CO1. The minimum atomic E-state index is 0.174. The molecule has 0 aromatic heterocycles. The summed E-state index contributed by atoms with van der Waals surface area (Å²) in [6.07, 6.45) is 2.69. The average Bonchev–Trinajstić information content (AvgIpc) is 1.90. The van der Waals surface area contributed by atoms with Crippen LogP contribution in [0.4, 0.5) is 0 Å². The van der Waals surface area contributed by atoms with Crippen LogP contribution in [0.5, 0.6) is 0 Å². The van der Waals surface area contributed by atoms with Gasteiger partial charge in [0, 0.05) is 0 Å². The molecule has 1 heterocycles. The second-order valence-electron chi connectivity index (χ2n) is 1.19. The molecule has 4 heteroatoms. The van der Waals surface area contributed by atoms with Crippen LogP contribution >= 0.6 is 0 Å². The smallest absolute Gasteiger partial charge is 0.482 e. The van der Waals surface area contributed by atoms with Crippen LogP contribution in [0.2, 0.25) is 0 Å². The number of nitrogens with zero attached hydrogens (tertiary/aromatic N) is 2. The summed E-state index contributed by atoms with van der Waals surface area (Å²) in [5, 5.41) is 0. The molecule has 0 amide bonds. The van der Waals surface area contributed by atoms with Crippen molar-refractivity contribution in [2.45, 2.75) is 0 Å². The molecule has 42 valence electrons. The third kappa shape index (κ3) is 0.859. The van der Waals surface area contributed by atoms with Crippen LogP contribution in [-0.4, -0.2) is 17.3 Å². The molecule has 0 saturated carbocycles. The molecule has 1 aliphatic rings.